The van der Waals surface area contributed by atoms with Crippen LogP contribution in [0.3, 0.4) is 0 Å². The molecule has 0 aromatic heterocycles. The zero-order valence-corrected chi connectivity index (χ0v) is 8.25. The van der Waals surface area contributed by atoms with Gasteiger partial charge in [-0.3, -0.25) is 4.79 Å². The maximum Gasteiger partial charge on any atom is 0.236 e. The third-order valence-corrected chi connectivity index (χ3v) is 2.99. The van der Waals surface area contributed by atoms with Gasteiger partial charge < -0.3 is 10.2 Å². The molecular formula is C10H18N2O. The molecular weight excluding hydrogens is 164 g/mol. The largest absolute Gasteiger partial charge is 0.339 e. The molecule has 2 fully saturated rings. The first-order valence-corrected chi connectivity index (χ1v) is 5.30. The van der Waals surface area contributed by atoms with E-state index in [0.717, 1.165) is 6.54 Å². The number of amides is 1. The summed E-state index contributed by atoms with van der Waals surface area (Å²) >= 11 is 0. The van der Waals surface area contributed by atoms with E-state index >= 15 is 0 Å². The second-order valence-corrected chi connectivity index (χ2v) is 4.23. The Hall–Kier alpha value is -0.570. The Balaban J connectivity index is 1.74. The summed E-state index contributed by atoms with van der Waals surface area (Å²) in [5, 5.41) is 3.26. The first kappa shape index (κ1) is 9.00. The quantitative estimate of drug-likeness (QED) is 0.698. The molecule has 0 spiro atoms. The van der Waals surface area contributed by atoms with Crippen molar-refractivity contribution in [2.45, 2.75) is 44.7 Å². The van der Waals surface area contributed by atoms with Gasteiger partial charge in [0, 0.05) is 18.6 Å². The Morgan fingerprint density at radius 2 is 2.23 bits per heavy atom. The second-order valence-electron chi connectivity index (χ2n) is 4.23. The number of nitrogens with one attached hydrogen (secondary N) is 1. The highest BCUT2D eigenvalue weighted by Gasteiger charge is 2.27. The highest BCUT2D eigenvalue weighted by molar-refractivity contribution is 5.78. The summed E-state index contributed by atoms with van der Waals surface area (Å²) in [6.45, 7) is 3.66. The maximum absolute atomic E-state index is 11.7. The lowest BCUT2D eigenvalue weighted by atomic mass is 10.2. The molecule has 1 saturated carbocycles. The highest BCUT2D eigenvalue weighted by Crippen LogP contribution is 2.19. The lowest BCUT2D eigenvalue weighted by molar-refractivity contribution is -0.130. The van der Waals surface area contributed by atoms with Crippen LogP contribution in [0.1, 0.15) is 32.6 Å². The van der Waals surface area contributed by atoms with Crippen molar-refractivity contribution in [3.05, 3.63) is 0 Å². The topological polar surface area (TPSA) is 32.3 Å². The van der Waals surface area contributed by atoms with Crippen molar-refractivity contribution >= 4 is 5.91 Å². The van der Waals surface area contributed by atoms with E-state index in [-0.39, 0.29) is 5.91 Å². The van der Waals surface area contributed by atoms with Crippen molar-refractivity contribution < 1.29 is 4.79 Å². The number of likely N-dealkylation sites (tertiary alicyclic amines) is 1. The van der Waals surface area contributed by atoms with Crippen LogP contribution in [-0.4, -0.2) is 36.0 Å². The molecule has 1 unspecified atom stereocenters. The molecule has 1 N–H and O–H groups in total. The number of rotatable bonds is 3. The van der Waals surface area contributed by atoms with E-state index in [9.17, 15) is 4.79 Å². The number of carbonyl (C=O) groups is 1. The SMILES string of the molecule is CC1CCCN1C(=O)CNC1CC1. The van der Waals surface area contributed by atoms with Crippen molar-refractivity contribution in [3.63, 3.8) is 0 Å². The lowest BCUT2D eigenvalue weighted by Crippen LogP contribution is -2.40. The van der Waals surface area contributed by atoms with Crippen LogP contribution in [0, 0.1) is 0 Å². The van der Waals surface area contributed by atoms with E-state index in [0.29, 0.717) is 18.6 Å². The lowest BCUT2D eigenvalue weighted by Gasteiger charge is -2.21. The minimum Gasteiger partial charge on any atom is -0.339 e. The predicted molar refractivity (Wildman–Crippen MR) is 51.4 cm³/mol. The zero-order valence-electron chi connectivity index (χ0n) is 8.25. The smallest absolute Gasteiger partial charge is 0.236 e. The molecule has 13 heavy (non-hydrogen) atoms. The minimum atomic E-state index is 0.289. The van der Waals surface area contributed by atoms with E-state index in [1.54, 1.807) is 0 Å². The molecule has 1 saturated heterocycles. The molecule has 0 bridgehead atoms. The van der Waals surface area contributed by atoms with Crippen LogP contribution >= 0.6 is 0 Å². The Kier molecular flexibility index (Phi) is 2.54. The molecule has 1 aliphatic carbocycles. The van der Waals surface area contributed by atoms with E-state index < -0.39 is 0 Å². The van der Waals surface area contributed by atoms with Crippen LogP contribution in [0.5, 0.6) is 0 Å². The Bertz CT molecular complexity index is 201. The van der Waals surface area contributed by atoms with Gasteiger partial charge in [-0.05, 0) is 32.6 Å². The molecule has 3 nitrogen and oxygen atoms in total. The van der Waals surface area contributed by atoms with Gasteiger partial charge in [0.25, 0.3) is 0 Å². The fraction of sp³-hybridized carbons (Fsp3) is 0.900. The molecule has 1 amide bonds. The van der Waals surface area contributed by atoms with Crippen molar-refractivity contribution in [1.29, 1.82) is 0 Å². The van der Waals surface area contributed by atoms with E-state index in [2.05, 4.69) is 12.2 Å². The number of nitrogens with zero attached hydrogens (tertiary/aromatic N) is 1. The highest BCUT2D eigenvalue weighted by atomic mass is 16.2. The number of carbonyl (C=O) groups excluding carboxylic acids is 1. The molecule has 0 radical (unpaired) electrons. The van der Waals surface area contributed by atoms with Gasteiger partial charge in [0.05, 0.1) is 6.54 Å². The molecule has 1 atom stereocenters. The molecule has 0 aromatic carbocycles. The van der Waals surface area contributed by atoms with Gasteiger partial charge in [-0.25, -0.2) is 0 Å². The Morgan fingerprint density at radius 1 is 1.46 bits per heavy atom. The zero-order chi connectivity index (χ0) is 9.26. The molecule has 1 heterocycles. The molecule has 2 rings (SSSR count). The van der Waals surface area contributed by atoms with Gasteiger partial charge in [-0.1, -0.05) is 0 Å². The first-order chi connectivity index (χ1) is 6.27. The summed E-state index contributed by atoms with van der Waals surface area (Å²) < 4.78 is 0. The summed E-state index contributed by atoms with van der Waals surface area (Å²) in [7, 11) is 0. The van der Waals surface area contributed by atoms with Gasteiger partial charge in [0.15, 0.2) is 0 Å². The van der Waals surface area contributed by atoms with Crippen LogP contribution in [0.2, 0.25) is 0 Å². The number of hydrogen-bond acceptors (Lipinski definition) is 2. The standard InChI is InChI=1S/C10H18N2O/c1-8-3-2-6-12(8)10(13)7-11-9-4-5-9/h8-9,11H,2-7H2,1H3. The molecule has 74 valence electrons. The molecule has 3 heteroatoms. The maximum atomic E-state index is 11.7. The second kappa shape index (κ2) is 3.66. The van der Waals surface area contributed by atoms with Crippen LogP contribution in [-0.2, 0) is 4.79 Å². The fourth-order valence-corrected chi connectivity index (χ4v) is 1.92. The normalized spacial score (nSPS) is 28.1. The molecule has 1 aliphatic heterocycles. The summed E-state index contributed by atoms with van der Waals surface area (Å²) in [6, 6.07) is 1.11. The Labute approximate surface area is 79.5 Å². The van der Waals surface area contributed by atoms with Crippen molar-refractivity contribution in [3.8, 4) is 0 Å². The Morgan fingerprint density at radius 3 is 2.77 bits per heavy atom. The van der Waals surface area contributed by atoms with E-state index in [1.807, 2.05) is 4.90 Å². The monoisotopic (exact) mass is 182 g/mol. The summed E-state index contributed by atoms with van der Waals surface area (Å²) in [4.78, 5) is 13.7. The fourth-order valence-electron chi connectivity index (χ4n) is 1.92. The number of hydrogen-bond donors (Lipinski definition) is 1. The van der Waals surface area contributed by atoms with Crippen LogP contribution in [0.25, 0.3) is 0 Å². The summed E-state index contributed by atoms with van der Waals surface area (Å²) in [5.41, 5.74) is 0. The van der Waals surface area contributed by atoms with Gasteiger partial charge in [0.2, 0.25) is 5.91 Å². The predicted octanol–water partition coefficient (Wildman–Crippen LogP) is 0.749. The molecule has 2 aliphatic rings. The molecule has 0 aromatic rings. The van der Waals surface area contributed by atoms with E-state index in [4.69, 9.17) is 0 Å². The summed E-state index contributed by atoms with van der Waals surface area (Å²) in [6.07, 6.45) is 4.86. The van der Waals surface area contributed by atoms with Gasteiger partial charge in [-0.15, -0.1) is 0 Å². The van der Waals surface area contributed by atoms with Gasteiger partial charge in [0.1, 0.15) is 0 Å². The van der Waals surface area contributed by atoms with Crippen molar-refractivity contribution in [2.24, 2.45) is 0 Å². The third kappa shape index (κ3) is 2.21. The summed E-state index contributed by atoms with van der Waals surface area (Å²) in [5.74, 6) is 0.289. The van der Waals surface area contributed by atoms with E-state index in [1.165, 1.54) is 25.7 Å². The van der Waals surface area contributed by atoms with Gasteiger partial charge >= 0.3 is 0 Å². The third-order valence-electron chi connectivity index (χ3n) is 2.99. The van der Waals surface area contributed by atoms with Crippen LogP contribution in [0.15, 0.2) is 0 Å². The van der Waals surface area contributed by atoms with Crippen LogP contribution < -0.4 is 5.32 Å². The minimum absolute atomic E-state index is 0.289. The van der Waals surface area contributed by atoms with Crippen molar-refractivity contribution in [2.75, 3.05) is 13.1 Å². The van der Waals surface area contributed by atoms with Gasteiger partial charge in [-0.2, -0.15) is 0 Å². The van der Waals surface area contributed by atoms with Crippen molar-refractivity contribution in [1.82, 2.24) is 10.2 Å². The average Bonchev–Trinajstić information content (AvgIpc) is 2.84. The average molecular weight is 182 g/mol. The first-order valence-electron chi connectivity index (χ1n) is 5.30. The van der Waals surface area contributed by atoms with Crippen LogP contribution in [0.4, 0.5) is 0 Å².